The van der Waals surface area contributed by atoms with Crippen LogP contribution in [-0.4, -0.2) is 11.5 Å². The van der Waals surface area contributed by atoms with E-state index >= 15 is 0 Å². The van der Waals surface area contributed by atoms with E-state index in [-0.39, 0.29) is 5.92 Å². The first-order valence-electron chi connectivity index (χ1n) is 5.89. The number of hydrogen-bond donors (Lipinski definition) is 1. The maximum atomic E-state index is 5.96. The summed E-state index contributed by atoms with van der Waals surface area (Å²) in [5.74, 6) is 1.80. The number of rotatable bonds is 1. The lowest BCUT2D eigenvalue weighted by molar-refractivity contribution is 0.475. The van der Waals surface area contributed by atoms with Crippen LogP contribution in [0.5, 0.6) is 11.5 Å². The van der Waals surface area contributed by atoms with Crippen LogP contribution in [0, 0.1) is 0 Å². The molecular formula is C14H13ClN2O. The van der Waals surface area contributed by atoms with Gasteiger partial charge in [-0.3, -0.25) is 4.98 Å². The first-order chi connectivity index (χ1) is 8.78. The van der Waals surface area contributed by atoms with Crippen LogP contribution >= 0.6 is 11.6 Å². The monoisotopic (exact) mass is 260 g/mol. The van der Waals surface area contributed by atoms with Gasteiger partial charge < -0.3 is 10.5 Å². The molecule has 0 fully saturated rings. The number of benzene rings is 1. The number of pyridine rings is 1. The smallest absolute Gasteiger partial charge is 0.150 e. The summed E-state index contributed by atoms with van der Waals surface area (Å²) in [6.45, 7) is 0.574. The lowest BCUT2D eigenvalue weighted by Gasteiger charge is -2.13. The van der Waals surface area contributed by atoms with Crippen molar-refractivity contribution in [3.63, 3.8) is 0 Å². The topological polar surface area (TPSA) is 48.1 Å². The van der Waals surface area contributed by atoms with Crippen LogP contribution in [0.1, 0.15) is 17.2 Å². The molecular weight excluding hydrogens is 248 g/mol. The normalized spacial score (nSPS) is 17.3. The summed E-state index contributed by atoms with van der Waals surface area (Å²) in [7, 11) is 0. The predicted octanol–water partition coefficient (Wildman–Crippen LogP) is 3.13. The Labute approximate surface area is 111 Å². The van der Waals surface area contributed by atoms with Gasteiger partial charge in [0.1, 0.15) is 11.5 Å². The molecule has 18 heavy (non-hydrogen) atoms. The van der Waals surface area contributed by atoms with Crippen molar-refractivity contribution >= 4 is 11.6 Å². The molecule has 92 valence electrons. The summed E-state index contributed by atoms with van der Waals surface area (Å²) in [5, 5.41) is 0.581. The van der Waals surface area contributed by atoms with Crippen molar-refractivity contribution in [2.45, 2.75) is 12.3 Å². The first-order valence-corrected chi connectivity index (χ1v) is 6.27. The van der Waals surface area contributed by atoms with E-state index in [0.29, 0.717) is 11.6 Å². The van der Waals surface area contributed by atoms with Crippen molar-refractivity contribution in [3.8, 4) is 11.5 Å². The molecule has 0 saturated carbocycles. The minimum atomic E-state index is 0.233. The molecule has 1 aromatic carbocycles. The zero-order valence-corrected chi connectivity index (χ0v) is 10.5. The Bertz CT molecular complexity index is 586. The highest BCUT2D eigenvalue weighted by atomic mass is 35.5. The third-order valence-corrected chi connectivity index (χ3v) is 3.41. The zero-order valence-electron chi connectivity index (χ0n) is 9.77. The molecule has 3 rings (SSSR count). The molecule has 1 aliphatic rings. The Morgan fingerprint density at radius 2 is 2.17 bits per heavy atom. The molecule has 0 saturated heterocycles. The van der Waals surface area contributed by atoms with Gasteiger partial charge in [0, 0.05) is 24.6 Å². The van der Waals surface area contributed by atoms with E-state index in [1.807, 2.05) is 18.2 Å². The predicted molar refractivity (Wildman–Crippen MR) is 71.3 cm³/mol. The summed E-state index contributed by atoms with van der Waals surface area (Å²) in [4.78, 5) is 4.35. The molecule has 3 nitrogen and oxygen atoms in total. The van der Waals surface area contributed by atoms with Gasteiger partial charge in [0.15, 0.2) is 0 Å². The Morgan fingerprint density at radius 3 is 3.00 bits per heavy atom. The largest absolute Gasteiger partial charge is 0.455 e. The van der Waals surface area contributed by atoms with Gasteiger partial charge >= 0.3 is 0 Å². The van der Waals surface area contributed by atoms with Crippen LogP contribution in [0.4, 0.5) is 0 Å². The molecule has 0 bridgehead atoms. The molecule has 2 aromatic rings. The van der Waals surface area contributed by atoms with E-state index in [2.05, 4.69) is 11.1 Å². The summed E-state index contributed by atoms with van der Waals surface area (Å²) in [6.07, 6.45) is 2.42. The average Bonchev–Trinajstić information content (AvgIpc) is 2.54. The highest BCUT2D eigenvalue weighted by Gasteiger charge is 2.23. The highest BCUT2D eigenvalue weighted by Crippen LogP contribution is 2.38. The Hall–Kier alpha value is -1.58. The van der Waals surface area contributed by atoms with E-state index in [1.54, 1.807) is 12.3 Å². The van der Waals surface area contributed by atoms with Crippen molar-refractivity contribution in [1.29, 1.82) is 0 Å². The molecule has 0 spiro atoms. The van der Waals surface area contributed by atoms with Gasteiger partial charge in [-0.25, -0.2) is 0 Å². The van der Waals surface area contributed by atoms with Crippen LogP contribution < -0.4 is 10.5 Å². The maximum absolute atomic E-state index is 5.96. The van der Waals surface area contributed by atoms with Crippen molar-refractivity contribution in [2.75, 3.05) is 6.54 Å². The molecule has 1 aliphatic heterocycles. The molecule has 2 heterocycles. The van der Waals surface area contributed by atoms with Gasteiger partial charge in [0.2, 0.25) is 0 Å². The number of para-hydroxylation sites is 1. The van der Waals surface area contributed by atoms with Crippen molar-refractivity contribution in [3.05, 3.63) is 52.8 Å². The third-order valence-electron chi connectivity index (χ3n) is 3.20. The molecule has 0 amide bonds. The highest BCUT2D eigenvalue weighted by molar-refractivity contribution is 6.30. The van der Waals surface area contributed by atoms with Gasteiger partial charge in [-0.05, 0) is 18.2 Å². The van der Waals surface area contributed by atoms with Crippen molar-refractivity contribution in [1.82, 2.24) is 4.98 Å². The SMILES string of the molecule is NC[C@H]1Cc2ncc(Cl)cc2Oc2ccccc21. The number of halogens is 1. The Kier molecular flexibility index (Phi) is 2.94. The maximum Gasteiger partial charge on any atom is 0.150 e. The van der Waals surface area contributed by atoms with Crippen LogP contribution in [0.3, 0.4) is 0 Å². The number of nitrogens with zero attached hydrogens (tertiary/aromatic N) is 1. The van der Waals surface area contributed by atoms with Gasteiger partial charge in [-0.2, -0.15) is 0 Å². The van der Waals surface area contributed by atoms with Crippen molar-refractivity contribution < 1.29 is 4.74 Å². The lowest BCUT2D eigenvalue weighted by Crippen LogP contribution is -2.14. The second kappa shape index (κ2) is 4.59. The van der Waals surface area contributed by atoms with E-state index in [9.17, 15) is 0 Å². The molecule has 4 heteroatoms. The van der Waals surface area contributed by atoms with Crippen molar-refractivity contribution in [2.24, 2.45) is 5.73 Å². The van der Waals surface area contributed by atoms with E-state index in [4.69, 9.17) is 22.1 Å². The van der Waals surface area contributed by atoms with Gasteiger partial charge in [-0.15, -0.1) is 0 Å². The van der Waals surface area contributed by atoms with Gasteiger partial charge in [-0.1, -0.05) is 29.8 Å². The fourth-order valence-corrected chi connectivity index (χ4v) is 2.42. The number of fused-ring (bicyclic) bond motifs is 2. The number of nitrogens with two attached hydrogens (primary N) is 1. The molecule has 0 unspecified atom stereocenters. The summed E-state index contributed by atoms with van der Waals surface area (Å²) in [6, 6.07) is 9.77. The second-order valence-corrected chi connectivity index (χ2v) is 4.81. The minimum absolute atomic E-state index is 0.233. The average molecular weight is 261 g/mol. The zero-order chi connectivity index (χ0) is 12.5. The quantitative estimate of drug-likeness (QED) is 0.857. The summed E-state index contributed by atoms with van der Waals surface area (Å²) < 4.78 is 5.91. The first kappa shape index (κ1) is 11.5. The van der Waals surface area contributed by atoms with Crippen LogP contribution in [-0.2, 0) is 6.42 Å². The molecule has 0 radical (unpaired) electrons. The van der Waals surface area contributed by atoms with E-state index < -0.39 is 0 Å². The van der Waals surface area contributed by atoms with E-state index in [1.165, 1.54) is 0 Å². The van der Waals surface area contributed by atoms with Crippen LogP contribution in [0.25, 0.3) is 0 Å². The van der Waals surface area contributed by atoms with Crippen LogP contribution in [0.2, 0.25) is 5.02 Å². The van der Waals surface area contributed by atoms with Gasteiger partial charge in [0.25, 0.3) is 0 Å². The molecule has 0 aliphatic carbocycles. The van der Waals surface area contributed by atoms with Crippen LogP contribution in [0.15, 0.2) is 36.5 Å². The Balaban J connectivity index is 2.13. The summed E-state index contributed by atoms with van der Waals surface area (Å²) >= 11 is 5.96. The summed E-state index contributed by atoms with van der Waals surface area (Å²) in [5.41, 5.74) is 7.91. The number of ether oxygens (including phenoxy) is 1. The number of hydrogen-bond acceptors (Lipinski definition) is 3. The molecule has 1 atom stereocenters. The standard InChI is InChI=1S/C14H13ClN2O/c15-10-6-14-12(17-8-10)5-9(7-16)11-3-1-2-4-13(11)18-14/h1-4,6,8-9H,5,7,16H2/t9-/m1/s1. The Morgan fingerprint density at radius 1 is 1.33 bits per heavy atom. The number of aromatic nitrogens is 1. The minimum Gasteiger partial charge on any atom is -0.455 e. The molecule has 2 N–H and O–H groups in total. The van der Waals surface area contributed by atoms with E-state index in [0.717, 1.165) is 29.2 Å². The van der Waals surface area contributed by atoms with Gasteiger partial charge in [0.05, 0.1) is 10.7 Å². The lowest BCUT2D eigenvalue weighted by atomic mass is 9.94. The third kappa shape index (κ3) is 1.96. The fourth-order valence-electron chi connectivity index (χ4n) is 2.27. The fraction of sp³-hybridized carbons (Fsp3) is 0.214. The second-order valence-electron chi connectivity index (χ2n) is 4.38. The molecule has 1 aromatic heterocycles.